The van der Waals surface area contributed by atoms with Crippen LogP contribution in [0.4, 0.5) is 26.3 Å². The Hall–Kier alpha value is -2.03. The first-order valence-corrected chi connectivity index (χ1v) is 14.0. The molecule has 1 aromatic carbocycles. The van der Waals surface area contributed by atoms with Crippen LogP contribution in [-0.4, -0.2) is 23.2 Å². The monoisotopic (exact) mass is 557 g/mol. The van der Waals surface area contributed by atoms with E-state index in [1.54, 1.807) is 0 Å². The van der Waals surface area contributed by atoms with Crippen LogP contribution in [0.3, 0.4) is 0 Å². The van der Waals surface area contributed by atoms with Gasteiger partial charge in [0.15, 0.2) is 0 Å². The number of carbonyl (C=O) groups is 1. The molecule has 8 atom stereocenters. The molecule has 0 aromatic heterocycles. The number of rotatable bonds is 3. The minimum absolute atomic E-state index is 0.0405. The van der Waals surface area contributed by atoms with Gasteiger partial charge < -0.3 is 10.4 Å². The SMILES string of the molecule is C[C@H](NC(=O)c1cc(C(F)(F)F)cc(C(F)(F)F)c1)[C@H]1CC[C@H]2[C@@H]3CC=C4C[C@@H](O)CC[C@]4(C)[C@H]3CC[C@]12C. The standard InChI is InChI=1S/C30H37F6NO2/c1-16(37-26(39)17-12-19(29(31,32)33)14-20(13-17)30(34,35)36)23-6-7-24-22-5-4-18-15-21(38)8-10-27(18,2)25(22)9-11-28(23,24)3/h4,12-14,16,21-25,38H,5-11,15H2,1-3H3,(H,37,39)/t16-,21-,22-,23+,24-,25-,27-,28+/m0/s1. The number of nitrogens with one attached hydrogen (secondary N) is 1. The number of hydrogen-bond acceptors (Lipinski definition) is 2. The molecular weight excluding hydrogens is 520 g/mol. The Kier molecular flexibility index (Phi) is 6.96. The first-order chi connectivity index (χ1) is 18.0. The molecule has 0 radical (unpaired) electrons. The average Bonchev–Trinajstić information content (AvgIpc) is 3.20. The lowest BCUT2D eigenvalue weighted by atomic mass is 9.47. The highest BCUT2D eigenvalue weighted by molar-refractivity contribution is 5.94. The maximum absolute atomic E-state index is 13.3. The van der Waals surface area contributed by atoms with Crippen molar-refractivity contribution in [1.29, 1.82) is 0 Å². The number of carbonyl (C=O) groups excluding carboxylic acids is 1. The fourth-order valence-electron chi connectivity index (χ4n) is 8.98. The number of alkyl halides is 6. The Labute approximate surface area is 225 Å². The second-order valence-electron chi connectivity index (χ2n) is 12.9. The van der Waals surface area contributed by atoms with Crippen molar-refractivity contribution in [1.82, 2.24) is 5.32 Å². The summed E-state index contributed by atoms with van der Waals surface area (Å²) in [5.41, 5.74) is -2.20. The van der Waals surface area contributed by atoms with E-state index in [0.717, 1.165) is 51.4 Å². The normalized spacial score (nSPS) is 37.3. The van der Waals surface area contributed by atoms with Gasteiger partial charge in [0, 0.05) is 11.6 Å². The number of fused-ring (bicyclic) bond motifs is 5. The van der Waals surface area contributed by atoms with E-state index in [4.69, 9.17) is 0 Å². The summed E-state index contributed by atoms with van der Waals surface area (Å²) in [6.07, 6.45) is -0.549. The van der Waals surface area contributed by atoms with E-state index in [1.165, 1.54) is 5.57 Å². The maximum atomic E-state index is 13.3. The predicted molar refractivity (Wildman–Crippen MR) is 135 cm³/mol. The van der Waals surface area contributed by atoms with Gasteiger partial charge in [0.2, 0.25) is 0 Å². The molecule has 4 aliphatic carbocycles. The minimum Gasteiger partial charge on any atom is -0.393 e. The van der Waals surface area contributed by atoms with Gasteiger partial charge in [-0.3, -0.25) is 4.79 Å². The Morgan fingerprint density at radius 3 is 2.21 bits per heavy atom. The molecule has 9 heteroatoms. The highest BCUT2D eigenvalue weighted by atomic mass is 19.4. The molecule has 39 heavy (non-hydrogen) atoms. The van der Waals surface area contributed by atoms with Crippen LogP contribution in [0.15, 0.2) is 29.8 Å². The van der Waals surface area contributed by atoms with Gasteiger partial charge >= 0.3 is 12.4 Å². The van der Waals surface area contributed by atoms with Crippen LogP contribution in [0.1, 0.15) is 93.6 Å². The Balaban J connectivity index is 1.35. The average molecular weight is 558 g/mol. The molecule has 5 rings (SSSR count). The summed E-state index contributed by atoms with van der Waals surface area (Å²) in [6.45, 7) is 6.43. The molecule has 1 amide bonds. The Morgan fingerprint density at radius 1 is 0.949 bits per heavy atom. The molecule has 0 unspecified atom stereocenters. The second kappa shape index (κ2) is 9.52. The molecule has 3 fully saturated rings. The molecule has 0 saturated heterocycles. The zero-order valence-electron chi connectivity index (χ0n) is 22.6. The van der Waals surface area contributed by atoms with Crippen LogP contribution in [0.25, 0.3) is 0 Å². The van der Waals surface area contributed by atoms with Crippen LogP contribution in [-0.2, 0) is 12.4 Å². The van der Waals surface area contributed by atoms with E-state index in [0.29, 0.717) is 29.9 Å². The lowest BCUT2D eigenvalue weighted by molar-refractivity contribution is -0.143. The molecule has 0 spiro atoms. The third-order valence-electron chi connectivity index (χ3n) is 11.0. The lowest BCUT2D eigenvalue weighted by Crippen LogP contribution is -2.52. The van der Waals surface area contributed by atoms with Crippen LogP contribution in [0, 0.1) is 34.5 Å². The smallest absolute Gasteiger partial charge is 0.393 e. The highest BCUT2D eigenvalue weighted by Crippen LogP contribution is 2.66. The summed E-state index contributed by atoms with van der Waals surface area (Å²) in [7, 11) is 0. The third-order valence-corrected chi connectivity index (χ3v) is 11.0. The summed E-state index contributed by atoms with van der Waals surface area (Å²) in [6, 6.07) is 0.631. The van der Waals surface area contributed by atoms with Crippen LogP contribution >= 0.6 is 0 Å². The maximum Gasteiger partial charge on any atom is 0.416 e. The van der Waals surface area contributed by atoms with Crippen molar-refractivity contribution in [2.75, 3.05) is 0 Å². The fraction of sp³-hybridized carbons (Fsp3) is 0.700. The number of aliphatic hydroxyl groups excluding tert-OH is 1. The van der Waals surface area contributed by atoms with Gasteiger partial charge in [0.1, 0.15) is 0 Å². The third kappa shape index (κ3) is 4.91. The number of allylic oxidation sites excluding steroid dienone is 1. The first kappa shape index (κ1) is 28.5. The van der Waals surface area contributed by atoms with Gasteiger partial charge in [-0.2, -0.15) is 26.3 Å². The van der Waals surface area contributed by atoms with Crippen molar-refractivity contribution in [3.8, 4) is 0 Å². The van der Waals surface area contributed by atoms with Gasteiger partial charge in [-0.1, -0.05) is 25.5 Å². The topological polar surface area (TPSA) is 49.3 Å². The van der Waals surface area contributed by atoms with Crippen molar-refractivity contribution in [2.24, 2.45) is 34.5 Å². The largest absolute Gasteiger partial charge is 0.416 e. The number of benzene rings is 1. The summed E-state index contributed by atoms with van der Waals surface area (Å²) < 4.78 is 79.9. The zero-order valence-corrected chi connectivity index (χ0v) is 22.6. The summed E-state index contributed by atoms with van der Waals surface area (Å²) >= 11 is 0. The van der Waals surface area contributed by atoms with Crippen molar-refractivity contribution < 1.29 is 36.2 Å². The number of amides is 1. The molecule has 0 bridgehead atoms. The molecule has 3 saturated carbocycles. The van der Waals surface area contributed by atoms with Crippen molar-refractivity contribution in [3.63, 3.8) is 0 Å². The second-order valence-corrected chi connectivity index (χ2v) is 12.9. The van der Waals surface area contributed by atoms with E-state index in [1.807, 2.05) is 6.92 Å². The van der Waals surface area contributed by atoms with Gasteiger partial charge in [0.05, 0.1) is 17.2 Å². The molecular formula is C30H37F6NO2. The first-order valence-electron chi connectivity index (χ1n) is 14.0. The van der Waals surface area contributed by atoms with Gasteiger partial charge in [-0.15, -0.1) is 0 Å². The van der Waals surface area contributed by atoms with Crippen LogP contribution in [0.2, 0.25) is 0 Å². The number of halogens is 6. The van der Waals surface area contributed by atoms with E-state index >= 15 is 0 Å². The summed E-state index contributed by atoms with van der Waals surface area (Å²) in [5, 5.41) is 13.0. The minimum atomic E-state index is -5.01. The van der Waals surface area contributed by atoms with Gasteiger partial charge in [0.25, 0.3) is 5.91 Å². The van der Waals surface area contributed by atoms with E-state index in [-0.39, 0.29) is 28.9 Å². The quantitative estimate of drug-likeness (QED) is 0.295. The molecule has 3 nitrogen and oxygen atoms in total. The van der Waals surface area contributed by atoms with Crippen molar-refractivity contribution >= 4 is 5.91 Å². The summed E-state index contributed by atoms with van der Waals surface area (Å²) in [4.78, 5) is 13.0. The van der Waals surface area contributed by atoms with Crippen LogP contribution < -0.4 is 5.32 Å². The molecule has 2 N–H and O–H groups in total. The van der Waals surface area contributed by atoms with Crippen LogP contribution in [0.5, 0.6) is 0 Å². The zero-order chi connectivity index (χ0) is 28.5. The van der Waals surface area contributed by atoms with E-state index in [9.17, 15) is 36.2 Å². The number of hydrogen-bond donors (Lipinski definition) is 2. The van der Waals surface area contributed by atoms with Gasteiger partial charge in [-0.25, -0.2) is 0 Å². The van der Waals surface area contributed by atoms with Crippen molar-refractivity contribution in [2.45, 2.75) is 96.6 Å². The summed E-state index contributed by atoms with van der Waals surface area (Å²) in [5.74, 6) is 0.633. The molecule has 1 aromatic rings. The molecule has 216 valence electrons. The molecule has 4 aliphatic rings. The number of aliphatic hydroxyl groups is 1. The lowest BCUT2D eigenvalue weighted by Gasteiger charge is -2.58. The highest BCUT2D eigenvalue weighted by Gasteiger charge is 2.59. The van der Waals surface area contributed by atoms with E-state index in [2.05, 4.69) is 25.2 Å². The molecule has 0 heterocycles. The van der Waals surface area contributed by atoms with E-state index < -0.39 is 41.0 Å². The van der Waals surface area contributed by atoms with Gasteiger partial charge in [-0.05, 0) is 111 Å². The fourth-order valence-corrected chi connectivity index (χ4v) is 8.98. The van der Waals surface area contributed by atoms with Crippen molar-refractivity contribution in [3.05, 3.63) is 46.5 Å². The Bertz CT molecular complexity index is 1130. The molecule has 0 aliphatic heterocycles. The Morgan fingerprint density at radius 2 is 1.59 bits per heavy atom. The predicted octanol–water partition coefficient (Wildman–Crippen LogP) is 7.78.